The molecule has 0 bridgehead atoms. The Bertz CT molecular complexity index is 6380. The number of imide groups is 3. The van der Waals surface area contributed by atoms with Crippen molar-refractivity contribution in [3.63, 3.8) is 0 Å². The van der Waals surface area contributed by atoms with Crippen LogP contribution in [0.4, 0.5) is 24.6 Å². The maximum atomic E-state index is 13.7. The number of methoxy groups -OCH3 is 1. The monoisotopic (exact) mass is 1930 g/mol. The number of ether oxygens (including phenoxy) is 7. The maximum absolute atomic E-state index is 13.7. The number of likely N-dealkylation sites (N-methyl/N-ethyl adjacent to an activating group) is 1. The summed E-state index contributed by atoms with van der Waals surface area (Å²) in [5.74, 6) is 6.53. The van der Waals surface area contributed by atoms with E-state index >= 15 is 0 Å². The molecule has 5 fully saturated rings. The highest BCUT2D eigenvalue weighted by Gasteiger charge is 2.39. The smallest absolute Gasteiger partial charge is 0.286 e. The lowest BCUT2D eigenvalue weighted by molar-refractivity contribution is -0.122. The van der Waals surface area contributed by atoms with Crippen LogP contribution in [0.15, 0.2) is 219 Å². The van der Waals surface area contributed by atoms with Crippen molar-refractivity contribution < 1.29 is 90.6 Å². The topological polar surface area (TPSA) is 338 Å². The summed E-state index contributed by atoms with van der Waals surface area (Å²) < 4.78 is 56.5. The molecule has 9 heterocycles. The van der Waals surface area contributed by atoms with E-state index in [-0.39, 0.29) is 107 Å². The summed E-state index contributed by atoms with van der Waals surface area (Å²) in [5, 5.41) is 16.8. The first-order chi connectivity index (χ1) is 65.5. The summed E-state index contributed by atoms with van der Waals surface area (Å²) in [4.78, 5) is 130. The summed E-state index contributed by atoms with van der Waals surface area (Å²) in [7, 11) is 5.56. The standard InChI is InChI=1S/C24H27NO5S.C21H16FNO3S.C20H19N3O4S.C20H21NO3S.C19H20N2O3S/c1-13-14(2)21-18(15(3)20(13)26)9-10-24(4,30-21)12-29-17-7-5-16(6-8-17)11-19-22(27)25-23(28)31-19;22-18-4-2-1-3-16(18)12-26-17-8-7-14-9-13(5-6-15(14)11-17)10-19-20(24)23-21(25)27-19;1-23-16-10-14(26-2)7-8-15(16)21-18(23)11-27-13-5-3-12(4-6-13)9-17-19(24)22-20(25)28-17;1-2-14-3-6-16(21-13-14)9-10-24-17-7-4-15(5-8-17)11-19-18(22)12-20(23)25-19;1-21(18-4-2-3-9-20-18)10-11-24-15-7-5-14(6-8-15)12-17-16(22)13-19(23)25-17/h5-8,19,26H,9-12H2,1-4H3,(H,25,27,28);1-9,11,19H,10,12H2,(H,23,24,25);3-8,10,17H,9,11H2,1-2H3,(H,22,24,25);3-8,13,19H,2,9-12H2,1H3;2-9,17H,10-13H2,1H3/t;;;19-;/m...0./s1. The molecule has 18 rings (SSSR count). The van der Waals surface area contributed by atoms with Crippen LogP contribution in [0.25, 0.3) is 21.8 Å². The number of hydrogen-bond donors (Lipinski definition) is 4. The Morgan fingerprint density at radius 1 is 0.515 bits per heavy atom. The number of nitrogens with one attached hydrogen (secondary N) is 3. The first-order valence-electron chi connectivity index (χ1n) is 44.3. The number of Topliss-reactive ketones (excluding diaryl/α,β-unsaturated/α-hetero) is 2. The predicted molar refractivity (Wildman–Crippen MR) is 528 cm³/mol. The summed E-state index contributed by atoms with van der Waals surface area (Å²) in [5.41, 5.74) is 13.0. The number of carbonyl (C=O) groups is 10. The number of ketones is 2. The van der Waals surface area contributed by atoms with Crippen LogP contribution >= 0.6 is 58.8 Å². The molecule has 0 aliphatic carbocycles. The fourth-order valence-electron chi connectivity index (χ4n) is 15.5. The van der Waals surface area contributed by atoms with Gasteiger partial charge in [-0.05, 0) is 237 Å². The number of carbonyl (C=O) groups excluding carboxylic acids is 10. The fourth-order valence-corrected chi connectivity index (χ4v) is 20.1. The number of phenolic OH excluding ortho intramolecular Hbond substituents is 1. The zero-order chi connectivity index (χ0) is 96.1. The largest absolute Gasteiger partial charge is 0.507 e. The highest BCUT2D eigenvalue weighted by atomic mass is 32.2. The third-order valence-electron chi connectivity index (χ3n) is 23.6. The van der Waals surface area contributed by atoms with Gasteiger partial charge in [0.15, 0.2) is 21.8 Å². The molecule has 32 heteroatoms. The van der Waals surface area contributed by atoms with Gasteiger partial charge in [0.1, 0.15) is 95.5 Å². The van der Waals surface area contributed by atoms with Gasteiger partial charge in [0.05, 0.1) is 70.4 Å². The molecular formula is C104H103FN8O18S5. The molecule has 12 aromatic rings. The third-order valence-corrected chi connectivity index (χ3v) is 28.8. The number of imidazole rings is 1. The first kappa shape index (κ1) is 99.0. The molecule has 136 heavy (non-hydrogen) atoms. The summed E-state index contributed by atoms with van der Waals surface area (Å²) >= 11 is 5.42. The van der Waals surface area contributed by atoms with E-state index in [4.69, 9.17) is 33.2 Å². The number of phenols is 1. The highest BCUT2D eigenvalue weighted by Crippen LogP contribution is 2.44. The maximum Gasteiger partial charge on any atom is 0.286 e. The van der Waals surface area contributed by atoms with Crippen molar-refractivity contribution in [2.75, 3.05) is 45.4 Å². The van der Waals surface area contributed by atoms with Gasteiger partial charge >= 0.3 is 0 Å². The second-order valence-electron chi connectivity index (χ2n) is 33.4. The lowest BCUT2D eigenvalue weighted by Crippen LogP contribution is -2.42. The Hall–Kier alpha value is -13.0. The molecule has 5 unspecified atom stereocenters. The molecule has 6 aliphatic rings. The van der Waals surface area contributed by atoms with Gasteiger partial charge in [-0.1, -0.05) is 169 Å². The van der Waals surface area contributed by atoms with Crippen LogP contribution in [0.5, 0.6) is 46.0 Å². The second-order valence-corrected chi connectivity index (χ2v) is 39.4. The number of aromatic nitrogens is 4. The minimum Gasteiger partial charge on any atom is -0.507 e. The number of aryl methyl sites for hydroxylation is 2. The molecule has 0 saturated carbocycles. The molecule has 704 valence electrons. The number of thioether (sulfide) groups is 5. The Morgan fingerprint density at radius 3 is 1.52 bits per heavy atom. The molecule has 5 saturated heterocycles. The van der Waals surface area contributed by atoms with Crippen molar-refractivity contribution in [1.82, 2.24) is 35.5 Å². The molecule has 4 N–H and O–H groups in total. The number of anilines is 1. The highest BCUT2D eigenvalue weighted by molar-refractivity contribution is 8.16. The fraction of sp³-hybridized carbons (Fsp3) is 0.298. The minimum atomic E-state index is -0.467. The molecule has 3 aromatic heterocycles. The average Bonchev–Trinajstić information content (AvgIpc) is 0.987. The average molecular weight is 1930 g/mol. The van der Waals surface area contributed by atoms with E-state index in [0.29, 0.717) is 81.3 Å². The van der Waals surface area contributed by atoms with Crippen molar-refractivity contribution in [3.8, 4) is 46.0 Å². The molecule has 9 aromatic carbocycles. The van der Waals surface area contributed by atoms with Crippen molar-refractivity contribution in [3.05, 3.63) is 297 Å². The first-order valence-corrected chi connectivity index (χ1v) is 48.7. The molecule has 6 aliphatic heterocycles. The lowest BCUT2D eigenvalue weighted by Gasteiger charge is -2.37. The van der Waals surface area contributed by atoms with E-state index in [2.05, 4.69) is 43.9 Å². The van der Waals surface area contributed by atoms with E-state index < -0.39 is 5.60 Å². The Labute approximate surface area is 808 Å². The number of benzene rings is 9. The number of fused-ring (bicyclic) bond motifs is 3. The molecule has 6 atom stereocenters. The Balaban J connectivity index is 0.000000136. The summed E-state index contributed by atoms with van der Waals surface area (Å²) in [6.45, 7) is 12.8. The van der Waals surface area contributed by atoms with Crippen molar-refractivity contribution in [1.29, 1.82) is 0 Å². The molecule has 26 nitrogen and oxygen atoms in total. The van der Waals surface area contributed by atoms with Gasteiger partial charge in [0, 0.05) is 55.8 Å². The molecule has 0 radical (unpaired) electrons. The van der Waals surface area contributed by atoms with Crippen LogP contribution in [-0.4, -0.2) is 152 Å². The van der Waals surface area contributed by atoms with Gasteiger partial charge in [0.2, 0.25) is 17.7 Å². The predicted octanol–water partition coefficient (Wildman–Crippen LogP) is 18.0. The van der Waals surface area contributed by atoms with Gasteiger partial charge in [0.25, 0.3) is 15.7 Å². The molecule has 6 amide bonds. The minimum absolute atomic E-state index is 0.0180. The van der Waals surface area contributed by atoms with Crippen LogP contribution in [-0.2, 0) is 105 Å². The summed E-state index contributed by atoms with van der Waals surface area (Å²) in [6.07, 6.45) is 9.92. The number of nitrogens with zero attached hydrogens (tertiary/aromatic N) is 5. The van der Waals surface area contributed by atoms with E-state index in [1.165, 1.54) is 11.6 Å². The van der Waals surface area contributed by atoms with Crippen LogP contribution in [0, 0.1) is 26.6 Å². The van der Waals surface area contributed by atoms with Crippen molar-refractivity contribution in [2.24, 2.45) is 7.05 Å². The molecular weight excluding hydrogens is 1830 g/mol. The molecule has 0 spiro atoms. The van der Waals surface area contributed by atoms with Crippen LogP contribution < -0.4 is 54.0 Å². The van der Waals surface area contributed by atoms with Crippen LogP contribution in [0.1, 0.15) is 106 Å². The van der Waals surface area contributed by atoms with Crippen LogP contribution in [0.2, 0.25) is 0 Å². The van der Waals surface area contributed by atoms with Crippen molar-refractivity contribution >= 4 is 142 Å². The van der Waals surface area contributed by atoms with Gasteiger partial charge in [-0.3, -0.25) is 68.9 Å². The third kappa shape index (κ3) is 27.0. The zero-order valence-electron chi connectivity index (χ0n) is 76.2. The number of halogens is 1. The van der Waals surface area contributed by atoms with Gasteiger partial charge < -0.3 is 47.7 Å². The van der Waals surface area contributed by atoms with Crippen LogP contribution in [0.3, 0.4) is 0 Å². The summed E-state index contributed by atoms with van der Waals surface area (Å²) in [6, 6.07) is 64.4. The van der Waals surface area contributed by atoms with E-state index in [1.54, 1.807) is 31.5 Å². The van der Waals surface area contributed by atoms with E-state index in [9.17, 15) is 57.4 Å². The number of rotatable bonds is 30. The zero-order valence-corrected chi connectivity index (χ0v) is 80.3. The quantitative estimate of drug-likeness (QED) is 0.0304. The van der Waals surface area contributed by atoms with Gasteiger partial charge in [-0.25, -0.2) is 14.4 Å². The number of aromatic hydroxyl groups is 1. The normalized spacial score (nSPS) is 18.1. The Kier molecular flexibility index (Phi) is 33.8. The van der Waals surface area contributed by atoms with E-state index in [1.807, 2.05) is 233 Å². The Morgan fingerprint density at radius 2 is 1.01 bits per heavy atom. The van der Waals surface area contributed by atoms with Gasteiger partial charge in [-0.2, -0.15) is 0 Å². The van der Waals surface area contributed by atoms with Gasteiger partial charge in [-0.15, -0.1) is 0 Å². The number of hydrogen-bond acceptors (Lipinski definition) is 27. The van der Waals surface area contributed by atoms with E-state index in [0.717, 1.165) is 209 Å². The second kappa shape index (κ2) is 46.5. The SMILES string of the molecule is CCc1ccc(CCOc2ccc(C[C@@H]3SC(=O)CC3=O)cc2)nc1.CN(CCOc1ccc(CC2SC(=O)CC2=O)cc1)c1ccccn1.COc1ccc2nc(COc3ccc(CC4SC(=O)NC4=O)cc3)n(C)c2c1.Cc1c(C)c2c(c(C)c1O)CCC(C)(COc1ccc(CC3SC(=O)NC3=O)cc1)O2.O=C1NC(=O)C(Cc2ccc3cc(OCc4ccccc4F)ccc3c2)S1. The number of amides is 6. The lowest BCUT2D eigenvalue weighted by atomic mass is 9.87. The number of pyridine rings is 2. The van der Waals surface area contributed by atoms with Crippen molar-refractivity contribution in [2.45, 2.75) is 150 Å².